The number of nitrogens with zero attached hydrogens (tertiary/aromatic N) is 4. The number of anilines is 1. The van der Waals surface area contributed by atoms with Gasteiger partial charge in [0, 0.05) is 43.5 Å². The molecule has 1 aromatic heterocycles. The van der Waals surface area contributed by atoms with Crippen LogP contribution in [0.15, 0.2) is 41.1 Å². The number of carbonyl (C=O) groups excluding carboxylic acids is 1. The lowest BCUT2D eigenvalue weighted by atomic mass is 9.84. The van der Waals surface area contributed by atoms with Crippen molar-refractivity contribution < 1.29 is 9.21 Å². The maximum absolute atomic E-state index is 11.6. The van der Waals surface area contributed by atoms with Crippen LogP contribution in [0.5, 0.6) is 0 Å². The van der Waals surface area contributed by atoms with Gasteiger partial charge in [-0.15, -0.1) is 0 Å². The van der Waals surface area contributed by atoms with Crippen molar-refractivity contribution in [1.29, 1.82) is 5.26 Å². The number of nitriles is 1. The van der Waals surface area contributed by atoms with Gasteiger partial charge in [0.05, 0.1) is 12.3 Å². The van der Waals surface area contributed by atoms with Crippen molar-refractivity contribution in [3.8, 4) is 17.5 Å². The Bertz CT molecular complexity index is 876. The van der Waals surface area contributed by atoms with Crippen LogP contribution in [0.4, 0.5) is 5.69 Å². The molecule has 31 heavy (non-hydrogen) atoms. The van der Waals surface area contributed by atoms with Gasteiger partial charge in [0.1, 0.15) is 12.7 Å². The number of carbonyl (C=O) groups is 1. The van der Waals surface area contributed by atoms with Crippen LogP contribution in [0.2, 0.25) is 0 Å². The number of nitrogens with one attached hydrogen (secondary N) is 1. The molecule has 1 amide bonds. The molecule has 1 N–H and O–H groups in total. The molecule has 7 heteroatoms. The van der Waals surface area contributed by atoms with Crippen LogP contribution in [0.25, 0.3) is 11.5 Å². The first kappa shape index (κ1) is 21.4. The summed E-state index contributed by atoms with van der Waals surface area (Å²) in [7, 11) is 0. The normalized spacial score (nSPS) is 22.1. The van der Waals surface area contributed by atoms with E-state index in [2.05, 4.69) is 38.3 Å². The van der Waals surface area contributed by atoms with Crippen LogP contribution in [0.1, 0.15) is 38.5 Å². The standard InChI is InChI=1S/C24H31N5O2/c25-10-8-23(30)27-21-6-4-19(5-7-21)9-12-28-13-15-29(16-14-28)22-3-1-2-20(18-22)24-26-11-17-31-24/h1-3,11,17-19,21H,4-9,12-16H2,(H,27,30). The van der Waals surface area contributed by atoms with E-state index in [4.69, 9.17) is 9.68 Å². The Morgan fingerprint density at radius 2 is 2.00 bits per heavy atom. The van der Waals surface area contributed by atoms with Gasteiger partial charge in [0.15, 0.2) is 0 Å². The fourth-order valence-corrected chi connectivity index (χ4v) is 4.74. The van der Waals surface area contributed by atoms with Crippen molar-refractivity contribution in [2.45, 2.75) is 44.6 Å². The summed E-state index contributed by atoms with van der Waals surface area (Å²) < 4.78 is 5.43. The lowest BCUT2D eigenvalue weighted by Crippen LogP contribution is -2.47. The zero-order chi connectivity index (χ0) is 21.5. The molecular formula is C24H31N5O2. The monoisotopic (exact) mass is 421 g/mol. The first-order chi connectivity index (χ1) is 15.2. The molecule has 0 bridgehead atoms. The summed E-state index contributed by atoms with van der Waals surface area (Å²) in [6, 6.07) is 10.6. The van der Waals surface area contributed by atoms with Gasteiger partial charge < -0.3 is 14.6 Å². The highest BCUT2D eigenvalue weighted by molar-refractivity contribution is 5.78. The number of amides is 1. The molecule has 0 radical (unpaired) electrons. The summed E-state index contributed by atoms with van der Waals surface area (Å²) in [5, 5.41) is 11.6. The van der Waals surface area contributed by atoms with E-state index >= 15 is 0 Å². The predicted molar refractivity (Wildman–Crippen MR) is 119 cm³/mol. The van der Waals surface area contributed by atoms with Gasteiger partial charge in [-0.05, 0) is 62.8 Å². The molecule has 164 valence electrons. The van der Waals surface area contributed by atoms with E-state index in [0.29, 0.717) is 5.89 Å². The first-order valence-corrected chi connectivity index (χ1v) is 11.3. The number of rotatable bonds is 7. The number of oxazole rings is 1. The third kappa shape index (κ3) is 5.86. The van der Waals surface area contributed by atoms with Crippen molar-refractivity contribution in [3.63, 3.8) is 0 Å². The fraction of sp³-hybridized carbons (Fsp3) is 0.542. The van der Waals surface area contributed by atoms with Gasteiger partial charge in [-0.2, -0.15) is 5.26 Å². The number of hydrogen-bond donors (Lipinski definition) is 1. The Balaban J connectivity index is 1.17. The molecule has 2 aromatic rings. The van der Waals surface area contributed by atoms with E-state index in [1.807, 2.05) is 12.1 Å². The molecule has 2 fully saturated rings. The highest BCUT2D eigenvalue weighted by Crippen LogP contribution is 2.28. The van der Waals surface area contributed by atoms with Crippen LogP contribution >= 0.6 is 0 Å². The van der Waals surface area contributed by atoms with Crippen LogP contribution in [-0.2, 0) is 4.79 Å². The fourth-order valence-electron chi connectivity index (χ4n) is 4.74. The second-order valence-electron chi connectivity index (χ2n) is 8.63. The molecule has 4 rings (SSSR count). The molecule has 0 unspecified atom stereocenters. The lowest BCUT2D eigenvalue weighted by Gasteiger charge is -2.37. The topological polar surface area (TPSA) is 85.4 Å². The number of benzene rings is 1. The third-order valence-electron chi connectivity index (χ3n) is 6.57. The van der Waals surface area contributed by atoms with Crippen molar-refractivity contribution in [3.05, 3.63) is 36.7 Å². The largest absolute Gasteiger partial charge is 0.445 e. The van der Waals surface area contributed by atoms with Gasteiger partial charge in [-0.25, -0.2) is 4.98 Å². The Morgan fingerprint density at radius 1 is 1.19 bits per heavy atom. The van der Waals surface area contributed by atoms with E-state index in [1.165, 1.54) is 24.9 Å². The maximum atomic E-state index is 11.6. The zero-order valence-electron chi connectivity index (χ0n) is 18.0. The molecular weight excluding hydrogens is 390 g/mol. The van der Waals surface area contributed by atoms with Crippen LogP contribution in [0.3, 0.4) is 0 Å². The van der Waals surface area contributed by atoms with Gasteiger partial charge in [0.25, 0.3) is 0 Å². The molecule has 1 aromatic carbocycles. The Labute approximate surface area is 184 Å². The third-order valence-corrected chi connectivity index (χ3v) is 6.57. The number of aromatic nitrogens is 1. The minimum atomic E-state index is -0.130. The molecule has 0 spiro atoms. The number of piperazine rings is 1. The molecule has 1 aliphatic heterocycles. The summed E-state index contributed by atoms with van der Waals surface area (Å²) in [4.78, 5) is 20.9. The minimum Gasteiger partial charge on any atom is -0.445 e. The minimum absolute atomic E-state index is 0.0318. The van der Waals surface area contributed by atoms with Gasteiger partial charge in [0.2, 0.25) is 11.8 Å². The van der Waals surface area contributed by atoms with E-state index < -0.39 is 0 Å². The van der Waals surface area contributed by atoms with E-state index in [1.54, 1.807) is 12.5 Å². The van der Waals surface area contributed by atoms with Crippen molar-refractivity contribution >= 4 is 11.6 Å². The summed E-state index contributed by atoms with van der Waals surface area (Å²) in [5.41, 5.74) is 2.25. The number of hydrogen-bond acceptors (Lipinski definition) is 6. The van der Waals surface area contributed by atoms with Crippen LogP contribution < -0.4 is 10.2 Å². The summed E-state index contributed by atoms with van der Waals surface area (Å²) in [6.07, 6.45) is 8.91. The lowest BCUT2D eigenvalue weighted by molar-refractivity contribution is -0.121. The highest BCUT2D eigenvalue weighted by atomic mass is 16.3. The van der Waals surface area contributed by atoms with Crippen LogP contribution in [0, 0.1) is 17.2 Å². The van der Waals surface area contributed by atoms with Crippen molar-refractivity contribution in [2.75, 3.05) is 37.6 Å². The molecule has 1 saturated heterocycles. The smallest absolute Gasteiger partial charge is 0.234 e. The molecule has 1 aliphatic carbocycles. The molecule has 2 heterocycles. The van der Waals surface area contributed by atoms with Gasteiger partial charge in [-0.1, -0.05) is 6.07 Å². The Hall–Kier alpha value is -2.85. The average Bonchev–Trinajstić information content (AvgIpc) is 3.34. The van der Waals surface area contributed by atoms with E-state index in [-0.39, 0.29) is 18.4 Å². The molecule has 1 saturated carbocycles. The second kappa shape index (κ2) is 10.5. The molecule has 2 aliphatic rings. The van der Waals surface area contributed by atoms with Crippen molar-refractivity contribution in [2.24, 2.45) is 5.92 Å². The second-order valence-corrected chi connectivity index (χ2v) is 8.63. The molecule has 7 nitrogen and oxygen atoms in total. The van der Waals surface area contributed by atoms with Crippen LogP contribution in [-0.4, -0.2) is 54.6 Å². The zero-order valence-corrected chi connectivity index (χ0v) is 18.0. The summed E-state index contributed by atoms with van der Waals surface area (Å²) in [5.74, 6) is 1.29. The quantitative estimate of drug-likeness (QED) is 0.737. The van der Waals surface area contributed by atoms with Crippen molar-refractivity contribution in [1.82, 2.24) is 15.2 Å². The SMILES string of the molecule is N#CCC(=O)NC1CCC(CCN2CCN(c3cccc(-c4ncco4)c3)CC2)CC1. The molecule has 0 atom stereocenters. The maximum Gasteiger partial charge on any atom is 0.234 e. The summed E-state index contributed by atoms with van der Waals surface area (Å²) in [6.45, 7) is 5.39. The average molecular weight is 422 g/mol. The Kier molecular flexibility index (Phi) is 7.21. The Morgan fingerprint density at radius 3 is 2.71 bits per heavy atom. The highest BCUT2D eigenvalue weighted by Gasteiger charge is 2.24. The predicted octanol–water partition coefficient (Wildman–Crippen LogP) is 3.44. The van der Waals surface area contributed by atoms with E-state index in [0.717, 1.165) is 57.0 Å². The summed E-state index contributed by atoms with van der Waals surface area (Å²) >= 11 is 0. The van der Waals surface area contributed by atoms with Gasteiger partial charge in [-0.3, -0.25) is 9.69 Å². The van der Waals surface area contributed by atoms with E-state index in [9.17, 15) is 4.79 Å². The van der Waals surface area contributed by atoms with Gasteiger partial charge >= 0.3 is 0 Å². The first-order valence-electron chi connectivity index (χ1n) is 11.3.